The number of carboxylic acid groups (broad SMARTS) is 1. The van der Waals surface area contributed by atoms with Crippen LogP contribution in [0.15, 0.2) is 28.8 Å². The molecular weight excluding hydrogens is 379 g/mol. The van der Waals surface area contributed by atoms with E-state index < -0.39 is 23.5 Å². The van der Waals surface area contributed by atoms with Crippen molar-refractivity contribution in [2.45, 2.75) is 25.4 Å². The summed E-state index contributed by atoms with van der Waals surface area (Å²) in [6.07, 6.45) is -2.53. The van der Waals surface area contributed by atoms with Crippen LogP contribution in [-0.2, 0) is 11.0 Å². The predicted molar refractivity (Wildman–Crippen MR) is 88.0 cm³/mol. The van der Waals surface area contributed by atoms with E-state index in [2.05, 4.69) is 14.7 Å². The van der Waals surface area contributed by atoms with Crippen molar-refractivity contribution in [3.05, 3.63) is 35.7 Å². The fraction of sp³-hybridized carbons (Fsp3) is 0.444. The van der Waals surface area contributed by atoms with Gasteiger partial charge in [-0.05, 0) is 30.9 Å². The van der Waals surface area contributed by atoms with E-state index in [4.69, 9.17) is 0 Å². The van der Waals surface area contributed by atoms with Gasteiger partial charge in [0, 0.05) is 24.2 Å². The number of amides is 1. The molecule has 2 aromatic rings. The summed E-state index contributed by atoms with van der Waals surface area (Å²) >= 11 is 0. The quantitative estimate of drug-likeness (QED) is 0.858. The second-order valence-corrected chi connectivity index (χ2v) is 7.23. The smallest absolute Gasteiger partial charge is 0.471 e. The van der Waals surface area contributed by atoms with Crippen LogP contribution in [0.3, 0.4) is 0 Å². The van der Waals surface area contributed by atoms with Crippen LogP contribution < -0.4 is 0 Å². The molecule has 148 valence electrons. The average Bonchev–Trinajstić information content (AvgIpc) is 3.34. The number of halogens is 3. The maximum atomic E-state index is 12.8. The predicted octanol–water partition coefficient (Wildman–Crippen LogP) is 3.08. The van der Waals surface area contributed by atoms with Crippen LogP contribution in [0.2, 0.25) is 0 Å². The number of hydrogen-bond donors (Lipinski definition) is 1. The Hall–Kier alpha value is -2.91. The highest BCUT2D eigenvalue weighted by Gasteiger charge is 2.55. The number of carbonyl (C=O) groups excluding carboxylic acids is 1. The Balaban J connectivity index is 1.51. The Labute approximate surface area is 157 Å². The first kappa shape index (κ1) is 18.5. The fourth-order valence-electron chi connectivity index (χ4n) is 4.19. The number of carbonyl (C=O) groups is 2. The van der Waals surface area contributed by atoms with Crippen LogP contribution in [0.5, 0.6) is 0 Å². The Morgan fingerprint density at radius 3 is 2.54 bits per heavy atom. The first-order chi connectivity index (χ1) is 13.2. The van der Waals surface area contributed by atoms with Crippen molar-refractivity contribution in [2.24, 2.45) is 11.3 Å². The third kappa shape index (κ3) is 2.92. The number of fused-ring (bicyclic) bond motifs is 1. The summed E-state index contributed by atoms with van der Waals surface area (Å²) in [4.78, 5) is 29.4. The molecule has 2 fully saturated rings. The van der Waals surface area contributed by atoms with Gasteiger partial charge >= 0.3 is 18.0 Å². The number of carboxylic acids is 1. The minimum Gasteiger partial charge on any atom is -0.481 e. The number of hydrogen-bond acceptors (Lipinski definition) is 5. The maximum absolute atomic E-state index is 12.8. The van der Waals surface area contributed by atoms with Crippen molar-refractivity contribution in [1.29, 1.82) is 0 Å². The number of likely N-dealkylation sites (tertiary alicyclic amines) is 1. The standard InChI is InChI=1S/C18H16F3N3O4/c19-18(20,21)15-22-13(23-28-15)10-3-5-11(6-4-10)14(25)24-8-12-2-1-7-17(12,9-24)16(26)27/h3-6,12H,1-2,7-9H2,(H,26,27)/t12-,17+/m0/s1. The van der Waals surface area contributed by atoms with Gasteiger partial charge in [0.2, 0.25) is 5.82 Å². The van der Waals surface area contributed by atoms with E-state index in [1.54, 1.807) is 4.90 Å². The molecule has 1 aliphatic heterocycles. The largest absolute Gasteiger partial charge is 0.481 e. The molecule has 0 bridgehead atoms. The first-order valence-corrected chi connectivity index (χ1v) is 8.75. The number of aliphatic carboxylic acids is 1. The van der Waals surface area contributed by atoms with Gasteiger partial charge in [-0.25, -0.2) is 0 Å². The number of alkyl halides is 3. The van der Waals surface area contributed by atoms with Gasteiger partial charge in [0.15, 0.2) is 0 Å². The Morgan fingerprint density at radius 1 is 1.25 bits per heavy atom. The fourth-order valence-corrected chi connectivity index (χ4v) is 4.19. The summed E-state index contributed by atoms with van der Waals surface area (Å²) < 4.78 is 41.9. The molecule has 0 radical (unpaired) electrons. The number of rotatable bonds is 3. The zero-order valence-electron chi connectivity index (χ0n) is 14.6. The lowest BCUT2D eigenvalue weighted by Crippen LogP contribution is -2.37. The van der Waals surface area contributed by atoms with Crippen LogP contribution >= 0.6 is 0 Å². The lowest BCUT2D eigenvalue weighted by Gasteiger charge is -2.23. The molecule has 1 amide bonds. The molecule has 4 rings (SSSR count). The lowest BCUT2D eigenvalue weighted by atomic mass is 9.81. The van der Waals surface area contributed by atoms with Gasteiger partial charge in [0.25, 0.3) is 5.91 Å². The molecule has 1 aromatic carbocycles. The Bertz CT molecular complexity index is 925. The summed E-state index contributed by atoms with van der Waals surface area (Å²) in [5.74, 6) is -2.88. The van der Waals surface area contributed by atoms with Crippen LogP contribution in [0.4, 0.5) is 13.2 Å². The van der Waals surface area contributed by atoms with E-state index in [0.29, 0.717) is 18.5 Å². The summed E-state index contributed by atoms with van der Waals surface area (Å²) in [6.45, 7) is 0.569. The summed E-state index contributed by atoms with van der Waals surface area (Å²) in [5.41, 5.74) is -0.270. The maximum Gasteiger partial charge on any atom is 0.471 e. The minimum atomic E-state index is -4.73. The van der Waals surface area contributed by atoms with E-state index in [-0.39, 0.29) is 29.8 Å². The van der Waals surface area contributed by atoms with E-state index in [9.17, 15) is 27.9 Å². The summed E-state index contributed by atoms with van der Waals surface area (Å²) in [7, 11) is 0. The Kier molecular flexibility index (Phi) is 4.16. The molecular formula is C18H16F3N3O4. The van der Waals surface area contributed by atoms with Crippen LogP contribution in [-0.4, -0.2) is 45.1 Å². The number of benzene rings is 1. The highest BCUT2D eigenvalue weighted by atomic mass is 19.4. The summed E-state index contributed by atoms with van der Waals surface area (Å²) in [5, 5.41) is 12.9. The third-order valence-electron chi connectivity index (χ3n) is 5.64. The van der Waals surface area contributed by atoms with E-state index in [1.807, 2.05) is 0 Å². The van der Waals surface area contributed by atoms with Crippen LogP contribution in [0.1, 0.15) is 35.5 Å². The van der Waals surface area contributed by atoms with Gasteiger partial charge in [-0.3, -0.25) is 9.59 Å². The second-order valence-electron chi connectivity index (χ2n) is 7.23. The van der Waals surface area contributed by atoms with Crippen molar-refractivity contribution in [3.8, 4) is 11.4 Å². The van der Waals surface area contributed by atoms with Gasteiger partial charge in [0.05, 0.1) is 5.41 Å². The molecule has 10 heteroatoms. The van der Waals surface area contributed by atoms with Gasteiger partial charge in [0.1, 0.15) is 0 Å². The zero-order chi connectivity index (χ0) is 20.1. The van der Waals surface area contributed by atoms with Gasteiger partial charge in [-0.1, -0.05) is 23.7 Å². The first-order valence-electron chi connectivity index (χ1n) is 8.75. The second kappa shape index (κ2) is 6.32. The summed E-state index contributed by atoms with van der Waals surface area (Å²) in [6, 6.07) is 5.79. The number of aromatic nitrogens is 2. The molecule has 28 heavy (non-hydrogen) atoms. The monoisotopic (exact) mass is 395 g/mol. The topological polar surface area (TPSA) is 96.5 Å². The third-order valence-corrected chi connectivity index (χ3v) is 5.64. The molecule has 2 aliphatic rings. The van der Waals surface area contributed by atoms with Crippen molar-refractivity contribution < 1.29 is 32.4 Å². The zero-order valence-corrected chi connectivity index (χ0v) is 14.6. The van der Waals surface area contributed by atoms with E-state index in [1.165, 1.54) is 24.3 Å². The van der Waals surface area contributed by atoms with Gasteiger partial charge in [-0.2, -0.15) is 18.2 Å². The molecule has 0 unspecified atom stereocenters. The molecule has 1 aromatic heterocycles. The van der Waals surface area contributed by atoms with Crippen LogP contribution in [0.25, 0.3) is 11.4 Å². The highest BCUT2D eigenvalue weighted by Crippen LogP contribution is 2.49. The molecule has 0 spiro atoms. The normalized spacial score (nSPS) is 24.4. The average molecular weight is 395 g/mol. The van der Waals surface area contributed by atoms with Crippen molar-refractivity contribution in [3.63, 3.8) is 0 Å². The van der Waals surface area contributed by atoms with E-state index >= 15 is 0 Å². The molecule has 2 heterocycles. The molecule has 7 nitrogen and oxygen atoms in total. The molecule has 1 saturated carbocycles. The molecule has 1 saturated heterocycles. The lowest BCUT2D eigenvalue weighted by molar-refractivity contribution is -0.159. The van der Waals surface area contributed by atoms with Crippen LogP contribution in [0, 0.1) is 11.3 Å². The van der Waals surface area contributed by atoms with Crippen molar-refractivity contribution in [2.75, 3.05) is 13.1 Å². The van der Waals surface area contributed by atoms with Gasteiger partial charge in [-0.15, -0.1) is 0 Å². The molecule has 2 atom stereocenters. The minimum absolute atomic E-state index is 0.0478. The molecule has 1 aliphatic carbocycles. The van der Waals surface area contributed by atoms with E-state index in [0.717, 1.165) is 12.8 Å². The van der Waals surface area contributed by atoms with Gasteiger partial charge < -0.3 is 14.5 Å². The molecule has 1 N–H and O–H groups in total. The van der Waals surface area contributed by atoms with Crippen molar-refractivity contribution in [1.82, 2.24) is 15.0 Å². The SMILES string of the molecule is O=C(c1ccc(-c2noc(C(F)(F)F)n2)cc1)N1C[C@@H]2CCC[C@@]2(C(=O)O)C1. The van der Waals surface area contributed by atoms with Crippen molar-refractivity contribution >= 4 is 11.9 Å². The highest BCUT2D eigenvalue weighted by molar-refractivity contribution is 5.95. The number of nitrogens with zero attached hydrogens (tertiary/aromatic N) is 3. The Morgan fingerprint density at radius 2 is 1.96 bits per heavy atom.